The zero-order valence-corrected chi connectivity index (χ0v) is 15.4. The van der Waals surface area contributed by atoms with Crippen LogP contribution in [0.25, 0.3) is 0 Å². The van der Waals surface area contributed by atoms with Crippen molar-refractivity contribution in [3.05, 3.63) is 84.2 Å². The second kappa shape index (κ2) is 17.2. The minimum atomic E-state index is -3.56. The third-order valence-corrected chi connectivity index (χ3v) is 3.70. The average Bonchev–Trinajstić information content (AvgIpc) is 2.55. The van der Waals surface area contributed by atoms with Crippen LogP contribution in [-0.4, -0.2) is 8.42 Å². The van der Waals surface area contributed by atoms with E-state index in [4.69, 9.17) is 0 Å². The molecule has 0 bridgehead atoms. The Balaban J connectivity index is -0.000000826. The van der Waals surface area contributed by atoms with Gasteiger partial charge in [-0.2, -0.15) is 0 Å². The number of hydrogen-bond donors (Lipinski definition) is 0. The van der Waals surface area contributed by atoms with Crippen LogP contribution in [-0.2, 0) is 9.84 Å². The summed E-state index contributed by atoms with van der Waals surface area (Å²) >= 11 is 0. The molecule has 0 rings (SSSR count). The highest BCUT2D eigenvalue weighted by molar-refractivity contribution is 7.99. The summed E-state index contributed by atoms with van der Waals surface area (Å²) in [5.74, 6) is 0. The molecule has 0 spiro atoms. The molecule has 0 N–H and O–H groups in total. The van der Waals surface area contributed by atoms with Gasteiger partial charge in [0.25, 0.3) is 0 Å². The van der Waals surface area contributed by atoms with E-state index in [2.05, 4.69) is 19.7 Å². The zero-order valence-electron chi connectivity index (χ0n) is 14.5. The molecule has 0 heterocycles. The Morgan fingerprint density at radius 3 is 1.50 bits per heavy atom. The molecule has 0 saturated heterocycles. The lowest BCUT2D eigenvalue weighted by Gasteiger charge is -2.05. The Morgan fingerprint density at radius 2 is 1.18 bits per heavy atom. The molecule has 0 aromatic rings. The highest BCUT2D eigenvalue weighted by Crippen LogP contribution is 2.20. The molecule has 0 saturated carbocycles. The van der Waals surface area contributed by atoms with E-state index in [9.17, 15) is 8.42 Å². The number of sulfone groups is 1. The molecule has 124 valence electrons. The summed E-state index contributed by atoms with van der Waals surface area (Å²) in [7, 11) is -3.56. The van der Waals surface area contributed by atoms with Gasteiger partial charge in [-0.1, -0.05) is 77.8 Å². The van der Waals surface area contributed by atoms with Crippen LogP contribution in [0.4, 0.5) is 0 Å². The van der Waals surface area contributed by atoms with Crippen molar-refractivity contribution in [3.8, 4) is 0 Å². The van der Waals surface area contributed by atoms with Crippen LogP contribution in [0, 0.1) is 0 Å². The lowest BCUT2D eigenvalue weighted by molar-refractivity contribution is 0.609. The van der Waals surface area contributed by atoms with Crippen molar-refractivity contribution < 1.29 is 8.42 Å². The van der Waals surface area contributed by atoms with Crippen molar-refractivity contribution in [1.29, 1.82) is 0 Å². The lowest BCUT2D eigenvalue weighted by atomic mass is 10.4. The van der Waals surface area contributed by atoms with E-state index < -0.39 is 9.84 Å². The molecule has 0 aliphatic heterocycles. The standard InChI is InChI=1S/C15H18O2S.2C2H6/c1-5-9-13-15(12-8-4)18(16,17)14(10-6-2)11-7-3;2*1-2/h5-13H,1-2,4H2,3H3;2*1-2H3/b11-7-,13-9-,14-10+,15-12+;;. The molecular formula is C19H30O2S. The molecule has 0 radical (unpaired) electrons. The van der Waals surface area contributed by atoms with Crippen LogP contribution >= 0.6 is 0 Å². The van der Waals surface area contributed by atoms with Gasteiger partial charge >= 0.3 is 0 Å². The number of allylic oxidation sites excluding steroid dienone is 9. The van der Waals surface area contributed by atoms with Gasteiger partial charge in [-0.05, 0) is 31.2 Å². The lowest BCUT2D eigenvalue weighted by Crippen LogP contribution is -2.04. The predicted molar refractivity (Wildman–Crippen MR) is 102 cm³/mol. The molecule has 0 aliphatic carbocycles. The Morgan fingerprint density at radius 1 is 0.773 bits per heavy atom. The Labute approximate surface area is 137 Å². The van der Waals surface area contributed by atoms with E-state index in [1.165, 1.54) is 42.5 Å². The maximum Gasteiger partial charge on any atom is 0.206 e. The molecule has 0 aliphatic rings. The zero-order chi connectivity index (χ0) is 18.0. The Hall–Kier alpha value is -1.87. The van der Waals surface area contributed by atoms with Crippen LogP contribution in [0.15, 0.2) is 84.2 Å². The third-order valence-electron chi connectivity index (χ3n) is 1.91. The van der Waals surface area contributed by atoms with Crippen molar-refractivity contribution in [1.82, 2.24) is 0 Å². The monoisotopic (exact) mass is 322 g/mol. The van der Waals surface area contributed by atoms with Gasteiger partial charge in [0, 0.05) is 0 Å². The highest BCUT2D eigenvalue weighted by atomic mass is 32.2. The minimum absolute atomic E-state index is 0.156. The van der Waals surface area contributed by atoms with Gasteiger partial charge in [-0.3, -0.25) is 0 Å². The van der Waals surface area contributed by atoms with Gasteiger partial charge in [0.05, 0.1) is 9.81 Å². The van der Waals surface area contributed by atoms with Crippen molar-refractivity contribution >= 4 is 9.84 Å². The predicted octanol–water partition coefficient (Wildman–Crippen LogP) is 5.91. The van der Waals surface area contributed by atoms with Gasteiger partial charge < -0.3 is 0 Å². The summed E-state index contributed by atoms with van der Waals surface area (Å²) in [4.78, 5) is 0.338. The van der Waals surface area contributed by atoms with E-state index >= 15 is 0 Å². The second-order valence-electron chi connectivity index (χ2n) is 3.21. The van der Waals surface area contributed by atoms with Gasteiger partial charge in [0.2, 0.25) is 9.84 Å². The first-order valence-corrected chi connectivity index (χ1v) is 8.85. The molecule has 0 fully saturated rings. The molecular weight excluding hydrogens is 292 g/mol. The van der Waals surface area contributed by atoms with Crippen molar-refractivity contribution in [2.24, 2.45) is 0 Å². The molecule has 2 nitrogen and oxygen atoms in total. The topological polar surface area (TPSA) is 34.1 Å². The fourth-order valence-electron chi connectivity index (χ4n) is 1.16. The van der Waals surface area contributed by atoms with Crippen molar-refractivity contribution in [2.75, 3.05) is 0 Å². The molecule has 22 heavy (non-hydrogen) atoms. The van der Waals surface area contributed by atoms with Crippen molar-refractivity contribution in [3.63, 3.8) is 0 Å². The summed E-state index contributed by atoms with van der Waals surface area (Å²) in [5.41, 5.74) is 0. The number of rotatable bonds is 7. The Bertz CT molecular complexity index is 528. The summed E-state index contributed by atoms with van der Waals surface area (Å²) < 4.78 is 24.7. The van der Waals surface area contributed by atoms with Crippen LogP contribution < -0.4 is 0 Å². The molecule has 3 heteroatoms. The summed E-state index contributed by atoms with van der Waals surface area (Å²) in [6, 6.07) is 0. The molecule has 0 amide bonds. The van der Waals surface area contributed by atoms with E-state index in [0.717, 1.165) is 0 Å². The van der Waals surface area contributed by atoms with E-state index in [1.807, 2.05) is 27.7 Å². The van der Waals surface area contributed by atoms with Crippen LogP contribution in [0.3, 0.4) is 0 Å². The second-order valence-corrected chi connectivity index (χ2v) is 5.16. The molecule has 0 aromatic carbocycles. The molecule has 0 atom stereocenters. The van der Waals surface area contributed by atoms with E-state index in [-0.39, 0.29) is 9.81 Å². The normalized spacial score (nSPS) is 12.0. The fraction of sp³-hybridized carbons (Fsp3) is 0.263. The Kier molecular flexibility index (Phi) is 19.6. The largest absolute Gasteiger partial charge is 0.219 e. The van der Waals surface area contributed by atoms with Gasteiger partial charge in [-0.25, -0.2) is 8.42 Å². The summed E-state index contributed by atoms with van der Waals surface area (Å²) in [6.07, 6.45) is 13.5. The highest BCUT2D eigenvalue weighted by Gasteiger charge is 2.18. The first-order valence-electron chi connectivity index (χ1n) is 7.37. The summed E-state index contributed by atoms with van der Waals surface area (Å²) in [5, 5.41) is 0. The van der Waals surface area contributed by atoms with E-state index in [0.29, 0.717) is 0 Å². The van der Waals surface area contributed by atoms with Crippen LogP contribution in [0.2, 0.25) is 0 Å². The summed E-state index contributed by atoms with van der Waals surface area (Å²) in [6.45, 7) is 20.3. The van der Waals surface area contributed by atoms with Crippen LogP contribution in [0.1, 0.15) is 34.6 Å². The number of hydrogen-bond acceptors (Lipinski definition) is 2. The quantitative estimate of drug-likeness (QED) is 0.546. The van der Waals surface area contributed by atoms with Gasteiger partial charge in [0.1, 0.15) is 0 Å². The first-order chi connectivity index (χ1) is 10.5. The van der Waals surface area contributed by atoms with Gasteiger partial charge in [0.15, 0.2) is 0 Å². The third kappa shape index (κ3) is 9.94. The maximum atomic E-state index is 12.3. The SMILES string of the molecule is C=C/C=C\C(=C/C=C)S(=O)(=O)C(/C=C\C)=C/C=C.CC.CC. The first kappa shape index (κ1) is 25.1. The smallest absolute Gasteiger partial charge is 0.206 e. The average molecular weight is 323 g/mol. The molecule has 0 unspecified atom stereocenters. The van der Waals surface area contributed by atoms with E-state index in [1.54, 1.807) is 19.1 Å². The maximum absolute atomic E-state index is 12.3. The minimum Gasteiger partial charge on any atom is -0.219 e. The van der Waals surface area contributed by atoms with Crippen molar-refractivity contribution in [2.45, 2.75) is 34.6 Å². The van der Waals surface area contributed by atoms with Gasteiger partial charge in [-0.15, -0.1) is 0 Å². The van der Waals surface area contributed by atoms with Crippen LogP contribution in [0.5, 0.6) is 0 Å². The fourth-order valence-corrected chi connectivity index (χ4v) is 2.56. The molecule has 0 aromatic heterocycles.